The van der Waals surface area contributed by atoms with Crippen LogP contribution in [0.1, 0.15) is 55.6 Å². The zero-order valence-corrected chi connectivity index (χ0v) is 33.6. The number of hydrogen-bond donors (Lipinski definition) is 0. The predicted octanol–water partition coefficient (Wildman–Crippen LogP) is 15.6. The monoisotopic (exact) mass is 759 g/mol. The van der Waals surface area contributed by atoms with Crippen LogP contribution in [0.25, 0.3) is 38.6 Å². The molecule has 0 spiro atoms. The van der Waals surface area contributed by atoms with Crippen LogP contribution in [0.2, 0.25) is 0 Å². The quantitative estimate of drug-likeness (QED) is 0.142. The number of allylic oxidation sites excluding steroid dienone is 14. The van der Waals surface area contributed by atoms with E-state index in [1.165, 1.54) is 83.4 Å². The van der Waals surface area contributed by atoms with Gasteiger partial charge in [0.05, 0.1) is 6.04 Å². The van der Waals surface area contributed by atoms with Gasteiger partial charge in [-0.15, -0.1) is 0 Å². The molecule has 0 saturated heterocycles. The van der Waals surface area contributed by atoms with Crippen molar-refractivity contribution in [2.45, 2.75) is 50.5 Å². The van der Waals surface area contributed by atoms with E-state index in [-0.39, 0.29) is 6.04 Å². The van der Waals surface area contributed by atoms with Crippen molar-refractivity contribution in [2.24, 2.45) is 0 Å². The van der Waals surface area contributed by atoms with E-state index in [1.54, 1.807) is 0 Å². The van der Waals surface area contributed by atoms with Crippen molar-refractivity contribution >= 4 is 27.7 Å². The van der Waals surface area contributed by atoms with Crippen molar-refractivity contribution in [1.82, 2.24) is 0 Å². The molecule has 4 aliphatic carbocycles. The first kappa shape index (κ1) is 36.6. The first-order valence-electron chi connectivity index (χ1n) is 21.4. The fourth-order valence-corrected chi connectivity index (χ4v) is 9.37. The Morgan fingerprint density at radius 3 is 1.71 bits per heavy atom. The Morgan fingerprint density at radius 1 is 0.475 bits per heavy atom. The topological polar surface area (TPSA) is 3.24 Å². The van der Waals surface area contributed by atoms with E-state index >= 15 is 0 Å². The highest BCUT2D eigenvalue weighted by Gasteiger charge is 2.27. The Balaban J connectivity index is 0.966. The molecule has 1 nitrogen and oxygen atoms in total. The molecule has 6 aromatic rings. The van der Waals surface area contributed by atoms with E-state index in [0.717, 1.165) is 38.5 Å². The first-order chi connectivity index (χ1) is 29.2. The molecule has 0 N–H and O–H groups in total. The van der Waals surface area contributed by atoms with Gasteiger partial charge in [-0.3, -0.25) is 0 Å². The number of benzene rings is 6. The van der Waals surface area contributed by atoms with Gasteiger partial charge in [0.2, 0.25) is 0 Å². The third-order valence-electron chi connectivity index (χ3n) is 12.6. The second-order valence-corrected chi connectivity index (χ2v) is 16.2. The minimum absolute atomic E-state index is 0.172. The van der Waals surface area contributed by atoms with E-state index in [1.807, 2.05) is 0 Å². The van der Waals surface area contributed by atoms with E-state index in [0.29, 0.717) is 5.92 Å². The van der Waals surface area contributed by atoms with Crippen LogP contribution in [0.5, 0.6) is 0 Å². The largest absolute Gasteiger partial charge is 0.334 e. The fraction of sp³-hybridized carbons (Fsp3) is 0.138. The third kappa shape index (κ3) is 7.82. The van der Waals surface area contributed by atoms with Gasteiger partial charge in [0.1, 0.15) is 0 Å². The lowest BCUT2D eigenvalue weighted by Crippen LogP contribution is -2.30. The second kappa shape index (κ2) is 16.6. The van der Waals surface area contributed by atoms with Crippen molar-refractivity contribution < 1.29 is 0 Å². The number of fused-ring (bicyclic) bond motifs is 1. The molecule has 2 atom stereocenters. The van der Waals surface area contributed by atoms with Crippen LogP contribution < -0.4 is 4.90 Å². The molecule has 10 rings (SSSR count). The summed E-state index contributed by atoms with van der Waals surface area (Å²) in [6.45, 7) is 0. The summed E-state index contributed by atoms with van der Waals surface area (Å²) in [5, 5.41) is 2.55. The van der Waals surface area contributed by atoms with E-state index in [2.05, 4.69) is 217 Å². The molecule has 0 aromatic heterocycles. The lowest BCUT2D eigenvalue weighted by molar-refractivity contribution is 0.748. The average molecular weight is 760 g/mol. The van der Waals surface area contributed by atoms with E-state index in [9.17, 15) is 0 Å². The molecular weight excluding hydrogens is 711 g/mol. The van der Waals surface area contributed by atoms with Crippen LogP contribution in [0.15, 0.2) is 235 Å². The van der Waals surface area contributed by atoms with Crippen LogP contribution in [0.3, 0.4) is 0 Å². The molecule has 0 amide bonds. The van der Waals surface area contributed by atoms with Gasteiger partial charge in [-0.25, -0.2) is 0 Å². The molecule has 1 heteroatoms. The molecule has 0 aliphatic heterocycles. The standard InChI is InChI=1S/C58H49N/c1-4-12-42(13-5-1)45-20-22-46(23-21-45)47-26-33-54(34-27-47)59(55-35-28-48(29-36-55)52-25-24-44-16-10-11-19-51(44)40-52)56-37-30-50(31-38-56)58-41-53(43-14-6-2-7-15-43)32-39-57(58)49-17-8-3-9-18-49/h1-6,8,10-14,16-17,19-35,37-40,55,58H,7,9,15,18,36,41H2/t55?,58-/m0/s1. The van der Waals surface area contributed by atoms with Gasteiger partial charge in [0.15, 0.2) is 0 Å². The smallest absolute Gasteiger partial charge is 0.0560 e. The molecule has 59 heavy (non-hydrogen) atoms. The van der Waals surface area contributed by atoms with Gasteiger partial charge in [-0.1, -0.05) is 182 Å². The summed E-state index contributed by atoms with van der Waals surface area (Å²) in [6.07, 6.45) is 32.1. The number of nitrogens with zero attached hydrogens (tertiary/aromatic N) is 1. The van der Waals surface area contributed by atoms with Crippen molar-refractivity contribution in [2.75, 3.05) is 4.90 Å². The summed E-state index contributed by atoms with van der Waals surface area (Å²) < 4.78 is 0. The molecule has 0 fully saturated rings. The summed E-state index contributed by atoms with van der Waals surface area (Å²) in [4.78, 5) is 2.53. The second-order valence-electron chi connectivity index (χ2n) is 16.2. The Hall–Kier alpha value is -6.70. The lowest BCUT2D eigenvalue weighted by atomic mass is 9.75. The number of anilines is 2. The summed E-state index contributed by atoms with van der Waals surface area (Å²) in [5.41, 5.74) is 17.2. The van der Waals surface area contributed by atoms with Crippen molar-refractivity contribution in [1.29, 1.82) is 0 Å². The Labute approximate surface area is 349 Å². The zero-order valence-electron chi connectivity index (χ0n) is 33.6. The van der Waals surface area contributed by atoms with Crippen LogP contribution in [0.4, 0.5) is 11.4 Å². The molecule has 1 unspecified atom stereocenters. The van der Waals surface area contributed by atoms with Gasteiger partial charge < -0.3 is 4.90 Å². The van der Waals surface area contributed by atoms with Gasteiger partial charge in [0, 0.05) is 17.3 Å². The number of hydrogen-bond acceptors (Lipinski definition) is 1. The maximum Gasteiger partial charge on any atom is 0.0560 e. The van der Waals surface area contributed by atoms with Gasteiger partial charge >= 0.3 is 0 Å². The number of rotatable bonds is 9. The average Bonchev–Trinajstić information content (AvgIpc) is 3.33. The third-order valence-corrected chi connectivity index (χ3v) is 12.6. The summed E-state index contributed by atoms with van der Waals surface area (Å²) >= 11 is 0. The predicted molar refractivity (Wildman–Crippen MR) is 252 cm³/mol. The SMILES string of the molecule is C1=CCCC(C2=CC=C(C3=CC=CCC3)[C@H](c3ccc(N(c4ccc(-c5ccc(-c6ccccc6)cc5)cc4)C4C=CC(c5ccc6ccccc6c5)=CC4)cc3)C2)=C1. The summed E-state index contributed by atoms with van der Waals surface area (Å²) in [5.74, 6) is 0.330. The molecule has 0 radical (unpaired) electrons. The first-order valence-corrected chi connectivity index (χ1v) is 21.4. The normalized spacial score (nSPS) is 18.7. The van der Waals surface area contributed by atoms with Crippen molar-refractivity contribution in [3.8, 4) is 22.3 Å². The van der Waals surface area contributed by atoms with Crippen LogP contribution >= 0.6 is 0 Å². The molecule has 286 valence electrons. The Bertz CT molecular complexity index is 2730. The summed E-state index contributed by atoms with van der Waals surface area (Å²) in [7, 11) is 0. The van der Waals surface area contributed by atoms with Gasteiger partial charge in [-0.2, -0.15) is 0 Å². The molecule has 0 heterocycles. The molecular formula is C58H49N. The van der Waals surface area contributed by atoms with Crippen LogP contribution in [-0.4, -0.2) is 6.04 Å². The molecule has 0 bridgehead atoms. The Kier molecular flexibility index (Phi) is 10.3. The fourth-order valence-electron chi connectivity index (χ4n) is 9.37. The highest BCUT2D eigenvalue weighted by atomic mass is 15.2. The molecule has 4 aliphatic rings. The minimum atomic E-state index is 0.172. The van der Waals surface area contributed by atoms with Gasteiger partial charge in [-0.05, 0) is 141 Å². The Morgan fingerprint density at radius 2 is 1.07 bits per heavy atom. The highest BCUT2D eigenvalue weighted by Crippen LogP contribution is 2.44. The van der Waals surface area contributed by atoms with Crippen LogP contribution in [0, 0.1) is 0 Å². The van der Waals surface area contributed by atoms with E-state index < -0.39 is 0 Å². The maximum absolute atomic E-state index is 2.53. The lowest BCUT2D eigenvalue weighted by Gasteiger charge is -2.34. The van der Waals surface area contributed by atoms with E-state index in [4.69, 9.17) is 0 Å². The van der Waals surface area contributed by atoms with Gasteiger partial charge in [0.25, 0.3) is 0 Å². The minimum Gasteiger partial charge on any atom is -0.334 e. The van der Waals surface area contributed by atoms with Crippen LogP contribution in [-0.2, 0) is 0 Å². The maximum atomic E-state index is 2.53. The summed E-state index contributed by atoms with van der Waals surface area (Å²) in [6, 6.07) is 53.9. The zero-order chi connectivity index (χ0) is 39.4. The highest BCUT2D eigenvalue weighted by molar-refractivity contribution is 5.88. The van der Waals surface area contributed by atoms with Crippen molar-refractivity contribution in [3.63, 3.8) is 0 Å². The molecule has 0 saturated carbocycles. The van der Waals surface area contributed by atoms with Crippen molar-refractivity contribution in [3.05, 3.63) is 246 Å². The molecule has 6 aromatic carbocycles.